The summed E-state index contributed by atoms with van der Waals surface area (Å²) in [6, 6.07) is 2.83. The van der Waals surface area contributed by atoms with E-state index in [0.29, 0.717) is 13.0 Å². The Balaban J connectivity index is 1.99. The molecule has 0 bridgehead atoms. The molecule has 2 heterocycles. The number of nitrogens with zero attached hydrogens (tertiary/aromatic N) is 3. The number of hydrogen-bond donors (Lipinski definition) is 1. The zero-order valence-electron chi connectivity index (χ0n) is 14.1. The molecule has 2 aromatic rings. The SMILES string of the molecule is Cc1nn(C)c(C)c1CCNC(=O)c1cccnc1OCC(F)(F)F. The standard InChI is InChI=1S/C16H19F3N4O2/c1-10-12(11(2)23(3)22-10)6-8-20-14(24)13-5-4-7-21-15(13)25-9-16(17,18)19/h4-5,7H,6,8-9H2,1-3H3,(H,20,24). The number of carbonyl (C=O) groups excluding carboxylic acids is 1. The molecule has 0 unspecified atom stereocenters. The highest BCUT2D eigenvalue weighted by Gasteiger charge is 2.29. The lowest BCUT2D eigenvalue weighted by Crippen LogP contribution is -2.27. The molecule has 0 saturated carbocycles. The Kier molecular flexibility index (Phi) is 5.66. The second-order valence-electron chi connectivity index (χ2n) is 5.54. The van der Waals surface area contributed by atoms with Crippen LogP contribution < -0.4 is 10.1 Å². The molecule has 0 radical (unpaired) electrons. The first-order valence-corrected chi connectivity index (χ1v) is 7.61. The minimum absolute atomic E-state index is 0.0358. The van der Waals surface area contributed by atoms with Gasteiger partial charge in [0.1, 0.15) is 5.56 Å². The van der Waals surface area contributed by atoms with Crippen LogP contribution in [0.5, 0.6) is 5.88 Å². The summed E-state index contributed by atoms with van der Waals surface area (Å²) in [6.45, 7) is 2.63. The predicted molar refractivity (Wildman–Crippen MR) is 84.5 cm³/mol. The van der Waals surface area contributed by atoms with E-state index in [2.05, 4.69) is 20.1 Å². The van der Waals surface area contributed by atoms with Crippen LogP contribution in [0, 0.1) is 13.8 Å². The second-order valence-corrected chi connectivity index (χ2v) is 5.54. The summed E-state index contributed by atoms with van der Waals surface area (Å²) in [5, 5.41) is 6.97. The van der Waals surface area contributed by atoms with E-state index < -0.39 is 18.7 Å². The zero-order valence-corrected chi connectivity index (χ0v) is 14.1. The van der Waals surface area contributed by atoms with Crippen LogP contribution in [0.1, 0.15) is 27.3 Å². The van der Waals surface area contributed by atoms with Crippen LogP contribution in [-0.2, 0) is 13.5 Å². The van der Waals surface area contributed by atoms with Gasteiger partial charge in [-0.05, 0) is 38.0 Å². The van der Waals surface area contributed by atoms with Crippen molar-refractivity contribution < 1.29 is 22.7 Å². The van der Waals surface area contributed by atoms with Gasteiger partial charge in [0, 0.05) is 25.5 Å². The van der Waals surface area contributed by atoms with E-state index in [1.165, 1.54) is 18.3 Å². The largest absolute Gasteiger partial charge is 0.467 e. The van der Waals surface area contributed by atoms with Crippen LogP contribution in [0.4, 0.5) is 13.2 Å². The van der Waals surface area contributed by atoms with Gasteiger partial charge in [0.15, 0.2) is 6.61 Å². The molecular formula is C16H19F3N4O2. The quantitative estimate of drug-likeness (QED) is 0.863. The van der Waals surface area contributed by atoms with Crippen LogP contribution in [0.15, 0.2) is 18.3 Å². The summed E-state index contributed by atoms with van der Waals surface area (Å²) < 4.78 is 43.2. The van der Waals surface area contributed by atoms with Crippen LogP contribution in [0.3, 0.4) is 0 Å². The number of alkyl halides is 3. The van der Waals surface area contributed by atoms with Crippen molar-refractivity contribution in [2.45, 2.75) is 26.4 Å². The summed E-state index contributed by atoms with van der Waals surface area (Å²) in [4.78, 5) is 15.9. The number of aryl methyl sites for hydroxylation is 2. The topological polar surface area (TPSA) is 69.0 Å². The van der Waals surface area contributed by atoms with Gasteiger partial charge >= 0.3 is 6.18 Å². The van der Waals surface area contributed by atoms with Crippen molar-refractivity contribution >= 4 is 5.91 Å². The van der Waals surface area contributed by atoms with Crippen molar-refractivity contribution in [2.24, 2.45) is 7.05 Å². The molecule has 0 aliphatic heterocycles. The minimum atomic E-state index is -4.50. The predicted octanol–water partition coefficient (Wildman–Crippen LogP) is 2.35. The van der Waals surface area contributed by atoms with E-state index in [9.17, 15) is 18.0 Å². The number of pyridine rings is 1. The van der Waals surface area contributed by atoms with E-state index in [0.717, 1.165) is 17.0 Å². The fraction of sp³-hybridized carbons (Fsp3) is 0.438. The average Bonchev–Trinajstić information content (AvgIpc) is 2.78. The van der Waals surface area contributed by atoms with Crippen molar-refractivity contribution in [1.82, 2.24) is 20.1 Å². The summed E-state index contributed by atoms with van der Waals surface area (Å²) in [5.41, 5.74) is 2.88. The molecule has 0 spiro atoms. The van der Waals surface area contributed by atoms with Crippen molar-refractivity contribution in [3.05, 3.63) is 40.8 Å². The molecule has 1 amide bonds. The van der Waals surface area contributed by atoms with Crippen molar-refractivity contribution in [1.29, 1.82) is 0 Å². The third kappa shape index (κ3) is 4.94. The number of halogens is 3. The molecule has 0 atom stereocenters. The molecule has 2 rings (SSSR count). The number of hydrogen-bond acceptors (Lipinski definition) is 4. The number of carbonyl (C=O) groups is 1. The Morgan fingerprint density at radius 2 is 2.08 bits per heavy atom. The third-order valence-corrected chi connectivity index (χ3v) is 3.71. The smallest absolute Gasteiger partial charge is 0.422 e. The second kappa shape index (κ2) is 7.54. The summed E-state index contributed by atoms with van der Waals surface area (Å²) in [5.74, 6) is -0.879. The van der Waals surface area contributed by atoms with Gasteiger partial charge in [0.05, 0.1) is 5.69 Å². The summed E-state index contributed by atoms with van der Waals surface area (Å²) in [6.07, 6.45) is -2.66. The number of rotatable bonds is 6. The highest BCUT2D eigenvalue weighted by Crippen LogP contribution is 2.20. The maximum atomic E-state index is 12.3. The van der Waals surface area contributed by atoms with Gasteiger partial charge < -0.3 is 10.1 Å². The van der Waals surface area contributed by atoms with Gasteiger partial charge in [-0.1, -0.05) is 0 Å². The van der Waals surface area contributed by atoms with E-state index >= 15 is 0 Å². The van der Waals surface area contributed by atoms with Crippen molar-refractivity contribution in [3.8, 4) is 5.88 Å². The molecule has 1 N–H and O–H groups in total. The fourth-order valence-corrected chi connectivity index (χ4v) is 2.40. The van der Waals surface area contributed by atoms with Gasteiger partial charge in [0.25, 0.3) is 5.91 Å². The van der Waals surface area contributed by atoms with Crippen LogP contribution in [-0.4, -0.2) is 40.0 Å². The van der Waals surface area contributed by atoms with Gasteiger partial charge in [-0.25, -0.2) is 4.98 Å². The molecule has 0 saturated heterocycles. The molecule has 136 valence electrons. The minimum Gasteiger partial charge on any atom is -0.467 e. The maximum absolute atomic E-state index is 12.3. The number of nitrogens with one attached hydrogen (secondary N) is 1. The Labute approximate surface area is 143 Å². The highest BCUT2D eigenvalue weighted by atomic mass is 19.4. The van der Waals surface area contributed by atoms with Crippen LogP contribution in [0.25, 0.3) is 0 Å². The monoisotopic (exact) mass is 356 g/mol. The summed E-state index contributed by atoms with van der Waals surface area (Å²) >= 11 is 0. The fourth-order valence-electron chi connectivity index (χ4n) is 2.40. The van der Waals surface area contributed by atoms with E-state index in [1.54, 1.807) is 4.68 Å². The molecule has 25 heavy (non-hydrogen) atoms. The molecular weight excluding hydrogens is 337 g/mol. The third-order valence-electron chi connectivity index (χ3n) is 3.71. The van der Waals surface area contributed by atoms with Crippen molar-refractivity contribution in [2.75, 3.05) is 13.2 Å². The number of aromatic nitrogens is 3. The maximum Gasteiger partial charge on any atom is 0.422 e. The molecule has 0 aliphatic rings. The number of amides is 1. The lowest BCUT2D eigenvalue weighted by atomic mass is 10.1. The van der Waals surface area contributed by atoms with E-state index in [-0.39, 0.29) is 11.4 Å². The normalized spacial score (nSPS) is 11.4. The Bertz CT molecular complexity index is 756. The Morgan fingerprint density at radius 3 is 2.68 bits per heavy atom. The first-order chi connectivity index (χ1) is 11.7. The Hall–Kier alpha value is -2.58. The molecule has 6 nitrogen and oxygen atoms in total. The molecule has 0 aromatic carbocycles. The average molecular weight is 356 g/mol. The van der Waals surface area contributed by atoms with E-state index in [4.69, 9.17) is 0 Å². The highest BCUT2D eigenvalue weighted by molar-refractivity contribution is 5.96. The van der Waals surface area contributed by atoms with E-state index in [1.807, 2.05) is 20.9 Å². The molecule has 0 fully saturated rings. The first kappa shape index (κ1) is 18.8. The van der Waals surface area contributed by atoms with Crippen LogP contribution in [0.2, 0.25) is 0 Å². The van der Waals surface area contributed by atoms with Gasteiger partial charge in [0.2, 0.25) is 5.88 Å². The number of ether oxygens (including phenoxy) is 1. The first-order valence-electron chi connectivity index (χ1n) is 7.61. The van der Waals surface area contributed by atoms with Crippen molar-refractivity contribution in [3.63, 3.8) is 0 Å². The van der Waals surface area contributed by atoms with Gasteiger partial charge in [-0.15, -0.1) is 0 Å². The molecule has 9 heteroatoms. The Morgan fingerprint density at radius 1 is 1.36 bits per heavy atom. The van der Waals surface area contributed by atoms with Gasteiger partial charge in [-0.2, -0.15) is 18.3 Å². The molecule has 0 aliphatic carbocycles. The lowest BCUT2D eigenvalue weighted by Gasteiger charge is -2.12. The van der Waals surface area contributed by atoms with Crippen LogP contribution >= 0.6 is 0 Å². The van der Waals surface area contributed by atoms with Gasteiger partial charge in [-0.3, -0.25) is 9.48 Å². The molecule has 2 aromatic heterocycles. The summed E-state index contributed by atoms with van der Waals surface area (Å²) in [7, 11) is 1.84. The zero-order chi connectivity index (χ0) is 18.6. The lowest BCUT2D eigenvalue weighted by molar-refractivity contribution is -0.154.